The second kappa shape index (κ2) is 14.2. The van der Waals surface area contributed by atoms with E-state index in [1.54, 1.807) is 21.4 Å². The van der Waals surface area contributed by atoms with E-state index < -0.39 is 0 Å². The Morgan fingerprint density at radius 1 is 0.714 bits per heavy atom. The average molecular weight is 821 g/mol. The molecule has 1 radical (unpaired) electrons. The van der Waals surface area contributed by atoms with Gasteiger partial charge in [0.15, 0.2) is 5.65 Å². The summed E-state index contributed by atoms with van der Waals surface area (Å²) in [5.41, 5.74) is 9.25. The van der Waals surface area contributed by atoms with Gasteiger partial charge in [0.05, 0.1) is 11.2 Å². The molecule has 0 spiro atoms. The summed E-state index contributed by atoms with van der Waals surface area (Å²) in [5.74, 6) is 1.93. The zero-order valence-corrected chi connectivity index (χ0v) is 30.6. The number of benzene rings is 4. The van der Waals surface area contributed by atoms with E-state index in [1.807, 2.05) is 72.9 Å². The van der Waals surface area contributed by atoms with Crippen molar-refractivity contribution in [1.82, 2.24) is 23.6 Å². The molecule has 8 rings (SSSR count). The van der Waals surface area contributed by atoms with Crippen LogP contribution < -0.4 is 16.0 Å². The number of aromatic nitrogens is 5. The molecule has 4 aromatic carbocycles. The second-order valence-corrected chi connectivity index (χ2v) is 12.6. The van der Waals surface area contributed by atoms with Gasteiger partial charge in [-0.1, -0.05) is 81.0 Å². The van der Waals surface area contributed by atoms with Crippen molar-refractivity contribution >= 4 is 29.3 Å². The Bertz CT molecular complexity index is 2150. The maximum atomic E-state index is 13.0. The van der Waals surface area contributed by atoms with Gasteiger partial charge in [-0.3, -0.25) is 14.1 Å². The Balaban J connectivity index is 0.000000169. The van der Waals surface area contributed by atoms with Crippen LogP contribution in [0.3, 0.4) is 0 Å². The maximum absolute atomic E-state index is 13.0. The van der Waals surface area contributed by atoms with Crippen LogP contribution >= 0.6 is 0 Å². The Kier molecular flexibility index (Phi) is 9.86. The van der Waals surface area contributed by atoms with Gasteiger partial charge in [0.25, 0.3) is 0 Å². The fourth-order valence-corrected chi connectivity index (χ4v) is 6.76. The third-order valence-electron chi connectivity index (χ3n) is 8.96. The number of rotatable bonds is 5. The van der Waals surface area contributed by atoms with Gasteiger partial charge in [-0.05, 0) is 59.7 Å². The van der Waals surface area contributed by atoms with Crippen LogP contribution in [0.5, 0.6) is 0 Å². The molecule has 4 heterocycles. The van der Waals surface area contributed by atoms with E-state index in [9.17, 15) is 4.79 Å². The Morgan fingerprint density at radius 2 is 1.43 bits per heavy atom. The Hall–Kier alpha value is -4.98. The Labute approximate surface area is 301 Å². The minimum Gasteiger partial charge on any atom is -0.436 e. The number of nitrogens with zero attached hydrogens (tertiary/aromatic N) is 6. The van der Waals surface area contributed by atoms with Gasteiger partial charge in [-0.25, -0.2) is 9.78 Å². The summed E-state index contributed by atoms with van der Waals surface area (Å²) in [5, 5.41) is 0. The zero-order chi connectivity index (χ0) is 33.4. The fraction of sp³-hybridized carbons (Fsp3) is 0.175. The summed E-state index contributed by atoms with van der Waals surface area (Å²) in [4.78, 5) is 24.4. The predicted octanol–water partition coefficient (Wildman–Crippen LogP) is 7.26. The largest absolute Gasteiger partial charge is 0.436 e. The number of anilines is 1. The summed E-state index contributed by atoms with van der Waals surface area (Å²) >= 11 is 0. The quantitative estimate of drug-likeness (QED) is 0.136. The number of imidazole rings is 2. The van der Waals surface area contributed by atoms with Crippen molar-refractivity contribution in [3.63, 3.8) is 0 Å². The topological polar surface area (TPSA) is 60.9 Å². The third-order valence-corrected chi connectivity index (χ3v) is 8.96. The Morgan fingerprint density at radius 3 is 2.12 bits per heavy atom. The number of hydrogen-bond acceptors (Lipinski definition) is 4. The van der Waals surface area contributed by atoms with Crippen molar-refractivity contribution in [2.45, 2.75) is 39.5 Å². The molecule has 49 heavy (non-hydrogen) atoms. The van der Waals surface area contributed by atoms with E-state index in [-0.39, 0.29) is 32.8 Å². The van der Waals surface area contributed by atoms with Crippen LogP contribution in [0.4, 0.5) is 5.69 Å². The number of para-hydroxylation sites is 2. The minimum absolute atomic E-state index is 0. The number of fused-ring (bicyclic) bond motifs is 4. The van der Waals surface area contributed by atoms with Gasteiger partial charge < -0.3 is 9.29 Å². The van der Waals surface area contributed by atoms with Gasteiger partial charge in [0, 0.05) is 44.5 Å². The van der Waals surface area contributed by atoms with E-state index in [0.29, 0.717) is 23.2 Å². The molecule has 0 bridgehead atoms. The normalized spacial score (nSPS) is 12.0. The molecule has 7 aromatic rings. The van der Waals surface area contributed by atoms with Crippen molar-refractivity contribution in [2.75, 3.05) is 11.9 Å². The van der Waals surface area contributed by atoms with E-state index in [1.165, 1.54) is 22.3 Å². The average Bonchev–Trinajstić information content (AvgIpc) is 3.72. The van der Waals surface area contributed by atoms with Crippen LogP contribution in [0.1, 0.15) is 50.7 Å². The van der Waals surface area contributed by atoms with Gasteiger partial charge in [-0.2, -0.15) is 24.3 Å². The molecule has 0 fully saturated rings. The van der Waals surface area contributed by atoms with Crippen LogP contribution in [0, 0.1) is 12.1 Å². The molecule has 0 unspecified atom stereocenters. The van der Waals surface area contributed by atoms with Crippen LogP contribution in [0.25, 0.3) is 33.9 Å². The molecule has 0 N–H and O–H groups in total. The molecule has 0 saturated heterocycles. The van der Waals surface area contributed by atoms with E-state index >= 15 is 0 Å². The number of hydrogen-bond donors (Lipinski definition) is 0. The first-order chi connectivity index (χ1) is 23.4. The summed E-state index contributed by atoms with van der Waals surface area (Å²) in [6, 6.07) is 40.1. The summed E-state index contributed by atoms with van der Waals surface area (Å²) in [6.07, 6.45) is 5.69. The first-order valence-corrected chi connectivity index (χ1v) is 16.4. The van der Waals surface area contributed by atoms with E-state index in [2.05, 4.69) is 103 Å². The SMILES string of the molecule is CC(C)c1cccc(C(C)C)c1B1N(C)c2ccc[c-]c2-c2nccn21.O=c1n(-c2ccccc2)c2cccnc2n1-c1[c-]cccc1.[Ir]. The summed E-state index contributed by atoms with van der Waals surface area (Å²) in [6.45, 7) is 9.22. The number of pyridine rings is 1. The van der Waals surface area contributed by atoms with Gasteiger partial charge in [0.2, 0.25) is 0 Å². The minimum atomic E-state index is -0.151. The second-order valence-electron chi connectivity index (χ2n) is 12.6. The van der Waals surface area contributed by atoms with Crippen molar-refractivity contribution in [3.8, 4) is 22.8 Å². The molecule has 7 nitrogen and oxygen atoms in total. The van der Waals surface area contributed by atoms with Crippen molar-refractivity contribution in [2.24, 2.45) is 0 Å². The monoisotopic (exact) mass is 821 g/mol. The molecule has 9 heteroatoms. The molecular weight excluding hydrogens is 784 g/mol. The smallest absolute Gasteiger partial charge is 0.399 e. The van der Waals surface area contributed by atoms with E-state index in [4.69, 9.17) is 0 Å². The molecule has 3 aromatic heterocycles. The van der Waals surface area contributed by atoms with Crippen LogP contribution in [0.2, 0.25) is 0 Å². The standard InChI is InChI=1S/C22H25BN3.C18H12N3O.Ir/c1-15(2)17-10-8-11-18(16(3)4)21(17)23-25(5)20-12-7-6-9-19(20)22-24-13-14-26(22)23;22-18-20(14-8-3-1-4-9-14)16-12-7-13-19-17(16)21(18)15-10-5-2-6-11-15;/h6-8,10-16H,1-5H3;1-10,12-13H;/q2*-1;. The zero-order valence-electron chi connectivity index (χ0n) is 28.2. The van der Waals surface area contributed by atoms with Crippen molar-refractivity contribution < 1.29 is 20.1 Å². The van der Waals surface area contributed by atoms with E-state index in [0.717, 1.165) is 22.6 Å². The third kappa shape index (κ3) is 6.09. The molecular formula is C40H37BIrN6O-2. The summed E-state index contributed by atoms with van der Waals surface area (Å²) < 4.78 is 5.55. The van der Waals surface area contributed by atoms with Crippen molar-refractivity contribution in [1.29, 1.82) is 0 Å². The molecule has 0 aliphatic carbocycles. The molecule has 1 aliphatic rings. The van der Waals surface area contributed by atoms with Gasteiger partial charge in [-0.15, -0.1) is 30.3 Å². The molecule has 0 atom stereocenters. The first-order valence-electron chi connectivity index (χ1n) is 16.4. The fourth-order valence-electron chi connectivity index (χ4n) is 6.76. The first kappa shape index (κ1) is 33.9. The van der Waals surface area contributed by atoms with Gasteiger partial charge >= 0.3 is 12.7 Å². The van der Waals surface area contributed by atoms with Gasteiger partial charge in [0.1, 0.15) is 0 Å². The molecule has 0 saturated carbocycles. The summed E-state index contributed by atoms with van der Waals surface area (Å²) in [7, 11) is 2.18. The molecule has 247 valence electrons. The molecule has 0 amide bonds. The molecule has 1 aliphatic heterocycles. The van der Waals surface area contributed by atoms with Crippen LogP contribution in [0.15, 0.2) is 127 Å². The maximum Gasteiger partial charge on any atom is 0.399 e. The predicted molar refractivity (Wildman–Crippen MR) is 196 cm³/mol. The van der Waals surface area contributed by atoms with Crippen molar-refractivity contribution in [3.05, 3.63) is 155 Å². The van der Waals surface area contributed by atoms with Crippen LogP contribution in [-0.4, -0.2) is 37.6 Å². The van der Waals surface area contributed by atoms with Crippen LogP contribution in [-0.2, 0) is 20.1 Å².